The van der Waals surface area contributed by atoms with E-state index in [9.17, 15) is 9.59 Å². The van der Waals surface area contributed by atoms with Gasteiger partial charge in [-0.2, -0.15) is 5.26 Å². The van der Waals surface area contributed by atoms with E-state index >= 15 is 0 Å². The molecule has 4 aliphatic carbocycles. The number of esters is 1. The number of rotatable bonds is 2. The van der Waals surface area contributed by atoms with Gasteiger partial charge in [-0.15, -0.1) is 0 Å². The zero-order valence-electron chi connectivity index (χ0n) is 16.5. The fourth-order valence-electron chi connectivity index (χ4n) is 7.26. The molecule has 4 heteroatoms. The minimum absolute atomic E-state index is 0.0131. The Kier molecular flexibility index (Phi) is 4.33. The molecule has 3 fully saturated rings. The summed E-state index contributed by atoms with van der Waals surface area (Å²) in [5.74, 6) is 1.76. The predicted molar refractivity (Wildman–Crippen MR) is 101 cm³/mol. The Morgan fingerprint density at radius 3 is 2.85 bits per heavy atom. The van der Waals surface area contributed by atoms with Gasteiger partial charge in [0, 0.05) is 5.41 Å². The van der Waals surface area contributed by atoms with Crippen LogP contribution in [-0.4, -0.2) is 18.4 Å². The number of allylic oxidation sites excluding steroid dienone is 4. The number of ketones is 1. The van der Waals surface area contributed by atoms with Crippen molar-refractivity contribution < 1.29 is 14.3 Å². The Balaban J connectivity index is 1.63. The summed E-state index contributed by atoms with van der Waals surface area (Å²) in [6.07, 6.45) is 11.0. The molecule has 0 amide bonds. The molecule has 3 saturated carbocycles. The van der Waals surface area contributed by atoms with E-state index in [2.05, 4.69) is 26.8 Å². The van der Waals surface area contributed by atoms with Crippen molar-refractivity contribution in [2.24, 2.45) is 40.4 Å². The zero-order chi connectivity index (χ0) is 19.4. The average Bonchev–Trinajstić information content (AvgIpc) is 2.90. The summed E-state index contributed by atoms with van der Waals surface area (Å²) in [4.78, 5) is 24.6. The van der Waals surface area contributed by atoms with Gasteiger partial charge in [0.1, 0.15) is 6.07 Å². The summed E-state index contributed by atoms with van der Waals surface area (Å²) in [7, 11) is 0. The van der Waals surface area contributed by atoms with Crippen LogP contribution in [-0.2, 0) is 14.3 Å². The molecule has 0 aromatic heterocycles. The molecule has 0 radical (unpaired) electrons. The molecule has 0 aliphatic heterocycles. The van der Waals surface area contributed by atoms with E-state index in [-0.39, 0.29) is 41.0 Å². The smallest absolute Gasteiger partial charge is 0.310 e. The Labute approximate surface area is 161 Å². The standard InChI is InChI=1S/C23H29NO3/c1-14-12-19-17-5-4-15-13-16(25)6-8-22(15,2)18(17)7-9-23(19,3)20(14)21(26)27-11-10-24/h6,8,13-14,17-20H,4-5,7,9,11-12H2,1-3H3/t14-,17-,18+,19+,20-,22+,23+/m1/s1. The number of carbonyl (C=O) groups is 2. The van der Waals surface area contributed by atoms with Crippen molar-refractivity contribution in [2.45, 2.75) is 52.9 Å². The number of carbonyl (C=O) groups excluding carboxylic acids is 2. The first kappa shape index (κ1) is 18.5. The molecule has 0 spiro atoms. The molecule has 7 atom stereocenters. The lowest BCUT2D eigenvalue weighted by atomic mass is 9.48. The van der Waals surface area contributed by atoms with Crippen LogP contribution in [0.2, 0.25) is 0 Å². The fourth-order valence-corrected chi connectivity index (χ4v) is 7.26. The molecule has 0 N–H and O–H groups in total. The highest BCUT2D eigenvalue weighted by molar-refractivity contribution is 6.01. The van der Waals surface area contributed by atoms with Crippen molar-refractivity contribution in [3.8, 4) is 6.07 Å². The van der Waals surface area contributed by atoms with E-state index in [1.165, 1.54) is 5.57 Å². The normalized spacial score (nSPS) is 45.2. The minimum atomic E-state index is -0.182. The van der Waals surface area contributed by atoms with Gasteiger partial charge in [0.15, 0.2) is 12.4 Å². The SMILES string of the molecule is C[C@@H]1C[C@H]2[C@@H]3CCC4=CC(=O)C=C[C@]4(C)[C@H]3CC[C@]2(C)[C@H]1C(=O)OCC#N. The lowest BCUT2D eigenvalue weighted by Gasteiger charge is -2.56. The second kappa shape index (κ2) is 6.33. The third-order valence-electron chi connectivity index (χ3n) is 8.43. The lowest BCUT2D eigenvalue weighted by Crippen LogP contribution is -2.50. The van der Waals surface area contributed by atoms with Crippen LogP contribution in [0.4, 0.5) is 0 Å². The summed E-state index contributed by atoms with van der Waals surface area (Å²) in [5, 5.41) is 8.77. The van der Waals surface area contributed by atoms with Crippen molar-refractivity contribution in [2.75, 3.05) is 6.61 Å². The van der Waals surface area contributed by atoms with E-state index in [0.29, 0.717) is 17.8 Å². The van der Waals surface area contributed by atoms with Crippen LogP contribution in [0.3, 0.4) is 0 Å². The molecule has 0 bridgehead atoms. The summed E-state index contributed by atoms with van der Waals surface area (Å²) < 4.78 is 5.26. The monoisotopic (exact) mass is 367 g/mol. The molecule has 0 unspecified atom stereocenters. The number of hydrogen-bond acceptors (Lipinski definition) is 4. The number of fused-ring (bicyclic) bond motifs is 5. The average molecular weight is 367 g/mol. The van der Waals surface area contributed by atoms with E-state index in [4.69, 9.17) is 10.00 Å². The van der Waals surface area contributed by atoms with Gasteiger partial charge in [-0.3, -0.25) is 9.59 Å². The topological polar surface area (TPSA) is 67.2 Å². The summed E-state index contributed by atoms with van der Waals surface area (Å²) in [6.45, 7) is 6.60. The van der Waals surface area contributed by atoms with Crippen LogP contribution in [0.5, 0.6) is 0 Å². The number of nitrogens with zero attached hydrogens (tertiary/aromatic N) is 1. The fraction of sp³-hybridized carbons (Fsp3) is 0.696. The van der Waals surface area contributed by atoms with E-state index in [0.717, 1.165) is 32.1 Å². The van der Waals surface area contributed by atoms with Crippen LogP contribution < -0.4 is 0 Å². The molecule has 4 nitrogen and oxygen atoms in total. The molecule has 4 aliphatic rings. The van der Waals surface area contributed by atoms with Gasteiger partial charge >= 0.3 is 5.97 Å². The first-order valence-corrected chi connectivity index (χ1v) is 10.3. The molecule has 4 rings (SSSR count). The molecule has 0 heterocycles. The Morgan fingerprint density at radius 1 is 1.33 bits per heavy atom. The largest absolute Gasteiger partial charge is 0.450 e. The van der Waals surface area contributed by atoms with Crippen molar-refractivity contribution >= 4 is 11.8 Å². The highest BCUT2D eigenvalue weighted by Crippen LogP contribution is 2.67. The molecular weight excluding hydrogens is 338 g/mol. The second-order valence-electron chi connectivity index (χ2n) is 9.60. The maximum atomic E-state index is 12.7. The van der Waals surface area contributed by atoms with Gasteiger partial charge in [-0.05, 0) is 73.3 Å². The minimum Gasteiger partial charge on any atom is -0.450 e. The van der Waals surface area contributed by atoms with Crippen LogP contribution in [0.15, 0.2) is 23.8 Å². The van der Waals surface area contributed by atoms with Crippen molar-refractivity contribution in [3.05, 3.63) is 23.8 Å². The van der Waals surface area contributed by atoms with E-state index in [1.54, 1.807) is 6.08 Å². The highest BCUT2D eigenvalue weighted by Gasteiger charge is 2.62. The zero-order valence-corrected chi connectivity index (χ0v) is 16.5. The highest BCUT2D eigenvalue weighted by atomic mass is 16.5. The van der Waals surface area contributed by atoms with E-state index < -0.39 is 0 Å². The van der Waals surface area contributed by atoms with E-state index in [1.807, 2.05) is 12.1 Å². The number of ether oxygens (including phenoxy) is 1. The first-order valence-electron chi connectivity index (χ1n) is 10.3. The van der Waals surface area contributed by atoms with Crippen molar-refractivity contribution in [3.63, 3.8) is 0 Å². The number of nitriles is 1. The van der Waals surface area contributed by atoms with Crippen LogP contribution >= 0.6 is 0 Å². The lowest BCUT2D eigenvalue weighted by molar-refractivity contribution is -0.155. The Bertz CT molecular complexity index is 775. The molecule has 27 heavy (non-hydrogen) atoms. The molecule has 144 valence electrons. The van der Waals surface area contributed by atoms with Gasteiger partial charge < -0.3 is 4.74 Å². The van der Waals surface area contributed by atoms with Crippen LogP contribution in [0, 0.1) is 51.8 Å². The summed E-state index contributed by atoms with van der Waals surface area (Å²) >= 11 is 0. The molecule has 0 aromatic carbocycles. The van der Waals surface area contributed by atoms with Crippen LogP contribution in [0.25, 0.3) is 0 Å². The van der Waals surface area contributed by atoms with Crippen LogP contribution in [0.1, 0.15) is 52.9 Å². The molecule has 0 aromatic rings. The third kappa shape index (κ3) is 2.62. The Morgan fingerprint density at radius 2 is 2.11 bits per heavy atom. The quantitative estimate of drug-likeness (QED) is 0.685. The molecule has 0 saturated heterocycles. The third-order valence-corrected chi connectivity index (χ3v) is 8.43. The van der Waals surface area contributed by atoms with Gasteiger partial charge in [-0.1, -0.05) is 32.4 Å². The van der Waals surface area contributed by atoms with Gasteiger partial charge in [0.25, 0.3) is 0 Å². The second-order valence-corrected chi connectivity index (χ2v) is 9.60. The molecular formula is C23H29NO3. The maximum Gasteiger partial charge on any atom is 0.310 e. The van der Waals surface area contributed by atoms with Gasteiger partial charge in [-0.25, -0.2) is 0 Å². The van der Waals surface area contributed by atoms with Gasteiger partial charge in [0.05, 0.1) is 5.92 Å². The van der Waals surface area contributed by atoms with Gasteiger partial charge in [0.2, 0.25) is 0 Å². The summed E-state index contributed by atoms with van der Waals surface area (Å²) in [5.41, 5.74) is 1.25. The maximum absolute atomic E-state index is 12.7. The summed E-state index contributed by atoms with van der Waals surface area (Å²) in [6, 6.07) is 1.92. The van der Waals surface area contributed by atoms with Crippen molar-refractivity contribution in [1.29, 1.82) is 5.26 Å². The first-order chi connectivity index (χ1) is 12.8. The van der Waals surface area contributed by atoms with Crippen molar-refractivity contribution in [1.82, 2.24) is 0 Å². The number of hydrogen-bond donors (Lipinski definition) is 0. The Hall–Kier alpha value is -1.89. The predicted octanol–water partition coefficient (Wildman–Crippen LogP) is 4.22.